The fourth-order valence-electron chi connectivity index (χ4n) is 2.52. The van der Waals surface area contributed by atoms with Crippen molar-refractivity contribution in [1.82, 2.24) is 0 Å². The number of fused-ring (bicyclic) bond motifs is 3. The van der Waals surface area contributed by atoms with E-state index in [1.165, 1.54) is 30.3 Å². The van der Waals surface area contributed by atoms with Gasteiger partial charge in [0, 0.05) is 6.07 Å². The zero-order valence-electron chi connectivity index (χ0n) is 11.6. The molecule has 0 saturated carbocycles. The van der Waals surface area contributed by atoms with Crippen LogP contribution in [0.4, 0.5) is 0 Å². The molecule has 0 radical (unpaired) electrons. The Morgan fingerprint density at radius 1 is 0.957 bits per heavy atom. The van der Waals surface area contributed by atoms with Gasteiger partial charge in [-0.15, -0.1) is 0 Å². The van der Waals surface area contributed by atoms with E-state index >= 15 is 0 Å². The number of rotatable bonds is 0. The van der Waals surface area contributed by atoms with Gasteiger partial charge in [0.15, 0.2) is 28.3 Å². The minimum atomic E-state index is -0.484. The maximum absolute atomic E-state index is 12.3. The van der Waals surface area contributed by atoms with Crippen LogP contribution in [-0.2, 0) is 0 Å². The predicted octanol–water partition coefficient (Wildman–Crippen LogP) is 2.31. The minimum Gasteiger partial charge on any atom is -0.507 e. The fourth-order valence-corrected chi connectivity index (χ4v) is 2.52. The normalized spacial score (nSPS) is 12.7. The largest absolute Gasteiger partial charge is 0.507 e. The van der Waals surface area contributed by atoms with Crippen molar-refractivity contribution in [2.45, 2.75) is 0 Å². The van der Waals surface area contributed by atoms with Gasteiger partial charge in [-0.1, -0.05) is 0 Å². The second kappa shape index (κ2) is 4.57. The van der Waals surface area contributed by atoms with E-state index in [-0.39, 0.29) is 52.1 Å². The van der Waals surface area contributed by atoms with Crippen molar-refractivity contribution in [2.75, 3.05) is 6.79 Å². The lowest BCUT2D eigenvalue weighted by atomic mass is 10.1. The van der Waals surface area contributed by atoms with Gasteiger partial charge in [0.25, 0.3) is 0 Å². The Morgan fingerprint density at radius 2 is 1.74 bits per heavy atom. The first-order chi connectivity index (χ1) is 11.1. The van der Waals surface area contributed by atoms with Crippen LogP contribution in [0, 0.1) is 0 Å². The van der Waals surface area contributed by atoms with Gasteiger partial charge in [0.1, 0.15) is 16.9 Å². The van der Waals surface area contributed by atoms with Crippen molar-refractivity contribution in [2.24, 2.45) is 0 Å². The highest BCUT2D eigenvalue weighted by Crippen LogP contribution is 2.45. The van der Waals surface area contributed by atoms with Gasteiger partial charge in [-0.05, 0) is 24.3 Å². The summed E-state index contributed by atoms with van der Waals surface area (Å²) < 4.78 is 16.5. The number of phenolic OH excluding ortho intramolecular Hbond substituents is 3. The van der Waals surface area contributed by atoms with Gasteiger partial charge >= 0.3 is 0 Å². The molecule has 1 aliphatic rings. The summed E-state index contributed by atoms with van der Waals surface area (Å²) in [6.45, 7) is -0.286. The first kappa shape index (κ1) is 13.3. The molecule has 3 aromatic rings. The van der Waals surface area contributed by atoms with Crippen molar-refractivity contribution in [3.8, 4) is 40.1 Å². The highest BCUT2D eigenvalue weighted by Gasteiger charge is 2.22. The number of phenols is 3. The molecule has 0 atom stereocenters. The fraction of sp³-hybridized carbons (Fsp3) is 0.0625. The van der Waals surface area contributed by atoms with Crippen LogP contribution in [0.2, 0.25) is 0 Å². The van der Waals surface area contributed by atoms with Gasteiger partial charge in [-0.25, -0.2) is 0 Å². The molecule has 116 valence electrons. The molecule has 2 aromatic carbocycles. The molecular weight excluding hydrogens is 304 g/mol. The molecule has 3 N–H and O–H groups in total. The molecular formula is C16H10O7. The van der Waals surface area contributed by atoms with Crippen LogP contribution >= 0.6 is 0 Å². The highest BCUT2D eigenvalue weighted by molar-refractivity contribution is 5.89. The van der Waals surface area contributed by atoms with Crippen molar-refractivity contribution < 1.29 is 29.2 Å². The summed E-state index contributed by atoms with van der Waals surface area (Å²) >= 11 is 0. The van der Waals surface area contributed by atoms with Gasteiger partial charge in [0.2, 0.25) is 12.5 Å². The predicted molar refractivity (Wildman–Crippen MR) is 79.0 cm³/mol. The van der Waals surface area contributed by atoms with E-state index < -0.39 is 11.2 Å². The van der Waals surface area contributed by atoms with Crippen LogP contribution in [0.1, 0.15) is 0 Å². The Kier molecular flexibility index (Phi) is 2.65. The average Bonchev–Trinajstić information content (AvgIpc) is 2.58. The molecule has 1 aliphatic heterocycles. The van der Waals surface area contributed by atoms with E-state index in [0.717, 1.165) is 0 Å². The van der Waals surface area contributed by atoms with Crippen LogP contribution in [-0.4, -0.2) is 22.1 Å². The second-order valence-electron chi connectivity index (χ2n) is 4.98. The van der Waals surface area contributed by atoms with Crippen molar-refractivity contribution in [3.63, 3.8) is 0 Å². The maximum Gasteiger partial charge on any atom is 0.231 e. The Balaban J connectivity index is 2.13. The van der Waals surface area contributed by atoms with Crippen LogP contribution in [0.3, 0.4) is 0 Å². The van der Waals surface area contributed by atoms with Crippen molar-refractivity contribution in [3.05, 3.63) is 40.6 Å². The van der Waals surface area contributed by atoms with Crippen molar-refractivity contribution in [1.29, 1.82) is 0 Å². The molecule has 1 aromatic heterocycles. The lowest BCUT2D eigenvalue weighted by Crippen LogP contribution is -2.06. The molecule has 2 heterocycles. The number of hydrogen-bond donors (Lipinski definition) is 3. The summed E-state index contributed by atoms with van der Waals surface area (Å²) in [4.78, 5) is 12.3. The van der Waals surface area contributed by atoms with E-state index in [0.29, 0.717) is 0 Å². The minimum absolute atomic E-state index is 0.00213. The van der Waals surface area contributed by atoms with E-state index in [1.807, 2.05) is 0 Å². The van der Waals surface area contributed by atoms with E-state index in [1.54, 1.807) is 0 Å². The van der Waals surface area contributed by atoms with Crippen molar-refractivity contribution >= 4 is 11.0 Å². The number of benzene rings is 2. The Hall–Kier alpha value is -3.35. The molecule has 0 amide bonds. The molecule has 7 heteroatoms. The van der Waals surface area contributed by atoms with Gasteiger partial charge in [-0.2, -0.15) is 0 Å². The third-order valence-corrected chi connectivity index (χ3v) is 3.61. The molecule has 7 nitrogen and oxygen atoms in total. The van der Waals surface area contributed by atoms with Crippen LogP contribution in [0.15, 0.2) is 39.5 Å². The number of aromatic hydroxyl groups is 3. The summed E-state index contributed by atoms with van der Waals surface area (Å²) in [5, 5.41) is 29.5. The molecule has 2 bridgehead atoms. The molecule has 0 fully saturated rings. The third-order valence-electron chi connectivity index (χ3n) is 3.61. The Morgan fingerprint density at radius 3 is 2.57 bits per heavy atom. The van der Waals surface area contributed by atoms with E-state index in [2.05, 4.69) is 0 Å². The molecule has 0 aliphatic carbocycles. The Labute approximate surface area is 128 Å². The van der Waals surface area contributed by atoms with Crippen LogP contribution in [0.5, 0.6) is 28.7 Å². The first-order valence-corrected chi connectivity index (χ1v) is 6.67. The first-order valence-electron chi connectivity index (χ1n) is 6.67. The Bertz CT molecular complexity index is 1000. The summed E-state index contributed by atoms with van der Waals surface area (Å²) in [6.07, 6.45) is 0. The monoisotopic (exact) mass is 314 g/mol. The molecule has 4 rings (SSSR count). The lowest BCUT2D eigenvalue weighted by molar-refractivity contribution is 0.117. The molecule has 0 saturated heterocycles. The lowest BCUT2D eigenvalue weighted by Gasteiger charge is -2.11. The van der Waals surface area contributed by atoms with Crippen LogP contribution in [0.25, 0.3) is 22.3 Å². The molecule has 23 heavy (non-hydrogen) atoms. The SMILES string of the molecule is O=c1cc2oc3c(ccc(O)c13)OCOc1c-2ccc(O)c1O. The third kappa shape index (κ3) is 1.87. The quantitative estimate of drug-likeness (QED) is 0.546. The number of hydrogen-bond acceptors (Lipinski definition) is 7. The van der Waals surface area contributed by atoms with Gasteiger partial charge < -0.3 is 29.2 Å². The topological polar surface area (TPSA) is 109 Å². The molecule has 0 unspecified atom stereocenters. The second-order valence-corrected chi connectivity index (χ2v) is 4.98. The zero-order chi connectivity index (χ0) is 16.1. The summed E-state index contributed by atoms with van der Waals surface area (Å²) in [6, 6.07) is 6.64. The summed E-state index contributed by atoms with van der Waals surface area (Å²) in [7, 11) is 0. The zero-order valence-corrected chi connectivity index (χ0v) is 11.6. The highest BCUT2D eigenvalue weighted by atomic mass is 16.7. The van der Waals surface area contributed by atoms with Crippen LogP contribution < -0.4 is 14.9 Å². The standard InChI is InChI=1S/C16H10O7/c17-8-3-4-11-16-13(8)10(19)5-12(23-16)7-1-2-9(18)14(20)15(7)22-6-21-11/h1-5,17-18,20H,6H2. The molecule has 0 spiro atoms. The number of ether oxygens (including phenoxy) is 2. The van der Waals surface area contributed by atoms with E-state index in [9.17, 15) is 20.1 Å². The smallest absolute Gasteiger partial charge is 0.231 e. The summed E-state index contributed by atoms with van der Waals surface area (Å²) in [5.74, 6) is -0.811. The summed E-state index contributed by atoms with van der Waals surface area (Å²) in [5.41, 5.74) is -0.111. The van der Waals surface area contributed by atoms with E-state index in [4.69, 9.17) is 13.9 Å². The maximum atomic E-state index is 12.3. The van der Waals surface area contributed by atoms with Gasteiger partial charge in [0.05, 0.1) is 5.56 Å². The van der Waals surface area contributed by atoms with Gasteiger partial charge in [-0.3, -0.25) is 4.79 Å². The average molecular weight is 314 g/mol.